The number of aromatic nitrogens is 2. The molecule has 3 fully saturated rings. The number of piperidine rings is 1. The molecule has 1 amide bonds. The average molecular weight is 476 g/mol. The number of sulfonamides is 1. The number of amides is 1. The van der Waals surface area contributed by atoms with Gasteiger partial charge in [0.05, 0.1) is 25.1 Å². The molecule has 0 bridgehead atoms. The predicted octanol–water partition coefficient (Wildman–Crippen LogP) is 2.17. The Bertz CT molecular complexity index is 1170. The van der Waals surface area contributed by atoms with Gasteiger partial charge in [-0.15, -0.1) is 0 Å². The van der Waals surface area contributed by atoms with Gasteiger partial charge in [-0.3, -0.25) is 9.20 Å². The molecular weight excluding hydrogens is 442 g/mol. The summed E-state index contributed by atoms with van der Waals surface area (Å²) in [5, 5.41) is 2.92. The second-order valence-corrected chi connectivity index (χ2v) is 12.3. The van der Waals surface area contributed by atoms with Crippen molar-refractivity contribution in [1.29, 1.82) is 0 Å². The molecule has 2 saturated heterocycles. The normalized spacial score (nSPS) is 21.4. The Kier molecular flexibility index (Phi) is 5.45. The lowest BCUT2D eigenvalue weighted by atomic mass is 9.77. The van der Waals surface area contributed by atoms with Gasteiger partial charge in [-0.2, -0.15) is 0 Å². The predicted molar refractivity (Wildman–Crippen MR) is 125 cm³/mol. The van der Waals surface area contributed by atoms with Gasteiger partial charge in [-0.1, -0.05) is 13.8 Å². The zero-order chi connectivity index (χ0) is 23.4. The molecule has 2 aromatic heterocycles. The maximum atomic E-state index is 13.3. The summed E-state index contributed by atoms with van der Waals surface area (Å²) in [6, 6.07) is 1.71. The third-order valence-electron chi connectivity index (χ3n) is 7.14. The van der Waals surface area contributed by atoms with E-state index in [4.69, 9.17) is 4.74 Å². The third-order valence-corrected chi connectivity index (χ3v) is 8.74. The van der Waals surface area contributed by atoms with Crippen LogP contribution in [0, 0.1) is 11.3 Å². The molecule has 1 saturated carbocycles. The van der Waals surface area contributed by atoms with Crippen LogP contribution in [-0.2, 0) is 14.8 Å². The summed E-state index contributed by atoms with van der Waals surface area (Å²) >= 11 is 0. The summed E-state index contributed by atoms with van der Waals surface area (Å²) in [5.41, 5.74) is 1.55. The van der Waals surface area contributed by atoms with Crippen LogP contribution in [-0.4, -0.2) is 62.1 Å². The molecule has 0 aromatic carbocycles. The number of rotatable bonds is 7. The van der Waals surface area contributed by atoms with E-state index in [1.807, 2.05) is 20.8 Å². The number of ether oxygens (including phenoxy) is 1. The Balaban J connectivity index is 1.54. The molecule has 5 rings (SSSR count). The molecule has 2 N–H and O–H groups in total. The van der Waals surface area contributed by atoms with Crippen molar-refractivity contribution < 1.29 is 17.9 Å². The molecule has 1 aliphatic carbocycles. The summed E-state index contributed by atoms with van der Waals surface area (Å²) < 4.78 is 36.4. The van der Waals surface area contributed by atoms with Gasteiger partial charge in [0.25, 0.3) is 5.91 Å². The fourth-order valence-corrected chi connectivity index (χ4v) is 6.04. The Labute approximate surface area is 194 Å². The number of carbonyl (C=O) groups is 1. The molecule has 4 heterocycles. The summed E-state index contributed by atoms with van der Waals surface area (Å²) in [7, 11) is -3.75. The lowest BCUT2D eigenvalue weighted by molar-refractivity contribution is -0.124. The van der Waals surface area contributed by atoms with E-state index in [1.54, 1.807) is 10.5 Å². The van der Waals surface area contributed by atoms with Gasteiger partial charge in [-0.05, 0) is 44.6 Å². The third kappa shape index (κ3) is 4.36. The molecule has 2 aliphatic heterocycles. The Morgan fingerprint density at radius 3 is 2.48 bits per heavy atom. The van der Waals surface area contributed by atoms with Gasteiger partial charge in [0.15, 0.2) is 5.65 Å². The van der Waals surface area contributed by atoms with Crippen molar-refractivity contribution in [2.75, 3.05) is 37.7 Å². The van der Waals surface area contributed by atoms with Crippen molar-refractivity contribution in [2.45, 2.75) is 56.9 Å². The maximum Gasteiger partial charge on any atom is 0.269 e. The minimum Gasteiger partial charge on any atom is -0.380 e. The summed E-state index contributed by atoms with van der Waals surface area (Å²) in [5.74, 6) is 0.0438. The molecule has 1 spiro atoms. The topological polar surface area (TPSA) is 105 Å². The zero-order valence-corrected chi connectivity index (χ0v) is 20.4. The molecule has 180 valence electrons. The van der Waals surface area contributed by atoms with Crippen molar-refractivity contribution in [1.82, 2.24) is 19.4 Å². The molecule has 0 atom stereocenters. The van der Waals surface area contributed by atoms with Crippen LogP contribution >= 0.6 is 0 Å². The van der Waals surface area contributed by atoms with Crippen LogP contribution in [0.25, 0.3) is 5.65 Å². The number of carbonyl (C=O) groups excluding carboxylic acids is 1. The van der Waals surface area contributed by atoms with E-state index in [2.05, 4.69) is 19.9 Å². The molecule has 3 aliphatic rings. The minimum absolute atomic E-state index is 0.154. The first-order valence-corrected chi connectivity index (χ1v) is 13.2. The van der Waals surface area contributed by atoms with Gasteiger partial charge in [0.1, 0.15) is 10.6 Å². The highest BCUT2D eigenvalue weighted by Gasteiger charge is 2.43. The van der Waals surface area contributed by atoms with E-state index in [0.29, 0.717) is 23.8 Å². The number of hydrogen-bond acceptors (Lipinski definition) is 6. The first-order valence-electron chi connectivity index (χ1n) is 11.8. The van der Waals surface area contributed by atoms with Crippen LogP contribution in [0.4, 0.5) is 5.69 Å². The Morgan fingerprint density at radius 1 is 1.21 bits per heavy atom. The quantitative estimate of drug-likeness (QED) is 0.636. The van der Waals surface area contributed by atoms with Crippen molar-refractivity contribution >= 4 is 27.3 Å². The molecule has 2 aromatic rings. The zero-order valence-electron chi connectivity index (χ0n) is 19.6. The lowest BCUT2D eigenvalue weighted by Gasteiger charge is -2.47. The van der Waals surface area contributed by atoms with E-state index in [1.165, 1.54) is 12.4 Å². The fraction of sp³-hybridized carbons (Fsp3) is 0.652. The standard InChI is InChI=1S/C23H33N5O4S/c1-16(2)11-25-21(29)19-12-24-20-18(27-8-6-23(7-9-27)14-32-15-23)10-17(13-28(19)20)33(30,31)26-22(3)4-5-22/h10,12-13,16,26H,4-9,11,14-15H2,1-3H3,(H,25,29). The number of fused-ring (bicyclic) bond motifs is 1. The van der Waals surface area contributed by atoms with E-state index in [-0.39, 0.29) is 21.8 Å². The van der Waals surface area contributed by atoms with Gasteiger partial charge in [0.2, 0.25) is 10.0 Å². The van der Waals surface area contributed by atoms with Gasteiger partial charge in [-0.25, -0.2) is 18.1 Å². The number of pyridine rings is 1. The highest BCUT2D eigenvalue weighted by molar-refractivity contribution is 7.89. The number of imidazole rings is 1. The second-order valence-electron chi connectivity index (χ2n) is 10.6. The summed E-state index contributed by atoms with van der Waals surface area (Å²) in [4.78, 5) is 19.8. The van der Waals surface area contributed by atoms with Crippen LogP contribution in [0.2, 0.25) is 0 Å². The first-order chi connectivity index (χ1) is 15.6. The highest BCUT2D eigenvalue weighted by atomic mass is 32.2. The number of nitrogens with one attached hydrogen (secondary N) is 2. The van der Waals surface area contributed by atoms with E-state index >= 15 is 0 Å². The van der Waals surface area contributed by atoms with E-state index < -0.39 is 10.0 Å². The first kappa shape index (κ1) is 22.6. The Hall–Kier alpha value is -2.17. The van der Waals surface area contributed by atoms with Crippen molar-refractivity contribution in [3.8, 4) is 0 Å². The van der Waals surface area contributed by atoms with Crippen LogP contribution in [0.1, 0.15) is 56.9 Å². The van der Waals surface area contributed by atoms with Crippen molar-refractivity contribution in [3.05, 3.63) is 24.2 Å². The molecule has 0 radical (unpaired) electrons. The Morgan fingerprint density at radius 2 is 1.91 bits per heavy atom. The molecule has 10 heteroatoms. The van der Waals surface area contributed by atoms with Crippen LogP contribution < -0.4 is 14.9 Å². The summed E-state index contributed by atoms with van der Waals surface area (Å²) in [6.07, 6.45) is 6.70. The van der Waals surface area contributed by atoms with Crippen LogP contribution in [0.3, 0.4) is 0 Å². The monoisotopic (exact) mass is 475 g/mol. The second kappa shape index (κ2) is 7.95. The summed E-state index contributed by atoms with van der Waals surface area (Å²) in [6.45, 7) is 9.71. The maximum absolute atomic E-state index is 13.3. The van der Waals surface area contributed by atoms with Gasteiger partial charge >= 0.3 is 0 Å². The van der Waals surface area contributed by atoms with Gasteiger partial charge in [0, 0.05) is 36.8 Å². The molecule has 9 nitrogen and oxygen atoms in total. The van der Waals surface area contributed by atoms with E-state index in [9.17, 15) is 13.2 Å². The molecule has 33 heavy (non-hydrogen) atoms. The molecular formula is C23H33N5O4S. The molecule has 0 unspecified atom stereocenters. The van der Waals surface area contributed by atoms with E-state index in [0.717, 1.165) is 57.7 Å². The largest absolute Gasteiger partial charge is 0.380 e. The smallest absolute Gasteiger partial charge is 0.269 e. The fourth-order valence-electron chi connectivity index (χ4n) is 4.55. The lowest BCUT2D eigenvalue weighted by Crippen LogP contribution is -2.51. The number of nitrogens with zero attached hydrogens (tertiary/aromatic N) is 3. The number of hydrogen-bond donors (Lipinski definition) is 2. The van der Waals surface area contributed by atoms with Crippen LogP contribution in [0.5, 0.6) is 0 Å². The average Bonchev–Trinajstić information content (AvgIpc) is 3.30. The number of anilines is 1. The minimum atomic E-state index is -3.75. The highest BCUT2D eigenvalue weighted by Crippen LogP contribution is 2.41. The van der Waals surface area contributed by atoms with Crippen LogP contribution in [0.15, 0.2) is 23.4 Å². The van der Waals surface area contributed by atoms with Crippen molar-refractivity contribution in [3.63, 3.8) is 0 Å². The van der Waals surface area contributed by atoms with Gasteiger partial charge < -0.3 is 15.0 Å². The van der Waals surface area contributed by atoms with Crippen molar-refractivity contribution in [2.24, 2.45) is 11.3 Å². The SMILES string of the molecule is CC(C)CNC(=O)c1cnc2c(N3CCC4(CC3)COC4)cc(S(=O)(=O)NC3(C)CC3)cn12.